The Morgan fingerprint density at radius 1 is 1.06 bits per heavy atom. The van der Waals surface area contributed by atoms with Crippen LogP contribution in [0.1, 0.15) is 46.0 Å². The van der Waals surface area contributed by atoms with Crippen LogP contribution in [-0.2, 0) is 4.79 Å². The van der Waals surface area contributed by atoms with E-state index in [-0.39, 0.29) is 0 Å². The van der Waals surface area contributed by atoms with E-state index in [1.807, 2.05) is 0 Å². The molecule has 2 rings (SSSR count). The van der Waals surface area contributed by atoms with Gasteiger partial charge in [-0.3, -0.25) is 14.6 Å². The summed E-state index contributed by atoms with van der Waals surface area (Å²) < 4.78 is 0. The summed E-state index contributed by atoms with van der Waals surface area (Å²) in [5.74, 6) is 0.864. The van der Waals surface area contributed by atoms with Gasteiger partial charge < -0.3 is 0 Å². The second kappa shape index (κ2) is 6.16. The third kappa shape index (κ3) is 3.33. The Morgan fingerprint density at radius 2 is 1.61 bits per heavy atom. The van der Waals surface area contributed by atoms with E-state index in [0.29, 0.717) is 30.3 Å². The van der Waals surface area contributed by atoms with Crippen molar-refractivity contribution < 1.29 is 4.79 Å². The van der Waals surface area contributed by atoms with E-state index in [0.717, 1.165) is 25.9 Å². The van der Waals surface area contributed by atoms with Crippen LogP contribution in [0.4, 0.5) is 0 Å². The lowest BCUT2D eigenvalue weighted by molar-refractivity contribution is -0.125. The number of ketones is 1. The summed E-state index contributed by atoms with van der Waals surface area (Å²) in [4.78, 5) is 17.1. The van der Waals surface area contributed by atoms with Gasteiger partial charge in [-0.2, -0.15) is 0 Å². The standard InChI is InChI=1S/C15H28N2O/c1-12-9-17(10-13(2)16(12)3)11-15(18)14-7-5-4-6-8-14/h12-14H,4-11H2,1-3H3. The molecule has 0 radical (unpaired) electrons. The smallest absolute Gasteiger partial charge is 0.149 e. The van der Waals surface area contributed by atoms with Crippen LogP contribution in [-0.4, -0.2) is 54.3 Å². The van der Waals surface area contributed by atoms with Gasteiger partial charge in [-0.05, 0) is 33.7 Å². The molecule has 0 bridgehead atoms. The van der Waals surface area contributed by atoms with E-state index in [1.165, 1.54) is 19.3 Å². The first-order valence-corrected chi connectivity index (χ1v) is 7.55. The summed E-state index contributed by atoms with van der Waals surface area (Å²) in [6.07, 6.45) is 6.11. The summed E-state index contributed by atoms with van der Waals surface area (Å²) in [6.45, 7) is 7.28. The zero-order valence-electron chi connectivity index (χ0n) is 12.2. The first-order chi connectivity index (χ1) is 8.58. The molecule has 1 heterocycles. The number of piperazine rings is 1. The van der Waals surface area contributed by atoms with Crippen LogP contribution < -0.4 is 0 Å². The first kappa shape index (κ1) is 14.0. The van der Waals surface area contributed by atoms with E-state index in [1.54, 1.807) is 0 Å². The highest BCUT2D eigenvalue weighted by Crippen LogP contribution is 2.25. The van der Waals surface area contributed by atoms with Crippen LogP contribution >= 0.6 is 0 Å². The molecule has 0 aromatic rings. The zero-order valence-corrected chi connectivity index (χ0v) is 12.2. The fourth-order valence-electron chi connectivity index (χ4n) is 3.42. The van der Waals surface area contributed by atoms with Gasteiger partial charge in [-0.25, -0.2) is 0 Å². The summed E-state index contributed by atoms with van der Waals surface area (Å²) in [5.41, 5.74) is 0. The molecule has 0 amide bonds. The second-order valence-corrected chi connectivity index (χ2v) is 6.36. The molecule has 2 aliphatic rings. The summed E-state index contributed by atoms with van der Waals surface area (Å²) in [5, 5.41) is 0. The van der Waals surface area contributed by atoms with Crippen LogP contribution in [0.25, 0.3) is 0 Å². The van der Waals surface area contributed by atoms with E-state index in [4.69, 9.17) is 0 Å². The molecule has 3 nitrogen and oxygen atoms in total. The van der Waals surface area contributed by atoms with Crippen molar-refractivity contribution in [2.24, 2.45) is 5.92 Å². The molecule has 0 N–H and O–H groups in total. The molecule has 0 aromatic carbocycles. The van der Waals surface area contributed by atoms with Crippen LogP contribution in [0.2, 0.25) is 0 Å². The molecule has 2 unspecified atom stereocenters. The van der Waals surface area contributed by atoms with E-state index in [9.17, 15) is 4.79 Å². The Labute approximate surface area is 112 Å². The number of Topliss-reactive ketones (excluding diaryl/α,β-unsaturated/α-hetero) is 1. The van der Waals surface area contributed by atoms with E-state index >= 15 is 0 Å². The van der Waals surface area contributed by atoms with Gasteiger partial charge in [0.2, 0.25) is 0 Å². The summed E-state index contributed by atoms with van der Waals surface area (Å²) in [7, 11) is 2.19. The minimum Gasteiger partial charge on any atom is -0.298 e. The lowest BCUT2D eigenvalue weighted by atomic mass is 9.86. The molecule has 3 heteroatoms. The monoisotopic (exact) mass is 252 g/mol. The van der Waals surface area contributed by atoms with Crippen molar-refractivity contribution in [3.63, 3.8) is 0 Å². The Kier molecular flexibility index (Phi) is 4.79. The molecule has 2 fully saturated rings. The molecule has 0 aromatic heterocycles. The van der Waals surface area contributed by atoms with Crippen LogP contribution in [0, 0.1) is 5.92 Å². The van der Waals surface area contributed by atoms with Crippen molar-refractivity contribution in [2.45, 2.75) is 58.0 Å². The molecule has 0 spiro atoms. The van der Waals surface area contributed by atoms with Gasteiger partial charge in [0.05, 0.1) is 6.54 Å². The number of hydrogen-bond donors (Lipinski definition) is 0. The van der Waals surface area contributed by atoms with E-state index < -0.39 is 0 Å². The van der Waals surface area contributed by atoms with Gasteiger partial charge in [0.15, 0.2) is 0 Å². The molecule has 1 saturated carbocycles. The van der Waals surface area contributed by atoms with Crippen LogP contribution in [0.5, 0.6) is 0 Å². The highest BCUT2D eigenvalue weighted by atomic mass is 16.1. The first-order valence-electron chi connectivity index (χ1n) is 7.55. The average molecular weight is 252 g/mol. The van der Waals surface area contributed by atoms with Crippen molar-refractivity contribution in [1.82, 2.24) is 9.80 Å². The van der Waals surface area contributed by atoms with Crippen molar-refractivity contribution in [2.75, 3.05) is 26.7 Å². The topological polar surface area (TPSA) is 23.6 Å². The fraction of sp³-hybridized carbons (Fsp3) is 0.933. The maximum absolute atomic E-state index is 12.3. The molecular formula is C15H28N2O. The normalized spacial score (nSPS) is 32.6. The van der Waals surface area contributed by atoms with Gasteiger partial charge in [0.1, 0.15) is 5.78 Å². The van der Waals surface area contributed by atoms with Gasteiger partial charge in [0.25, 0.3) is 0 Å². The maximum Gasteiger partial charge on any atom is 0.149 e. The third-order valence-electron chi connectivity index (χ3n) is 4.88. The third-order valence-corrected chi connectivity index (χ3v) is 4.88. The number of rotatable bonds is 3. The maximum atomic E-state index is 12.3. The van der Waals surface area contributed by atoms with Gasteiger partial charge in [-0.1, -0.05) is 19.3 Å². The number of carbonyl (C=O) groups is 1. The Morgan fingerprint density at radius 3 is 2.17 bits per heavy atom. The van der Waals surface area contributed by atoms with Crippen molar-refractivity contribution >= 4 is 5.78 Å². The average Bonchev–Trinajstić information content (AvgIpc) is 2.37. The highest BCUT2D eigenvalue weighted by molar-refractivity contribution is 5.83. The lowest BCUT2D eigenvalue weighted by Gasteiger charge is -2.42. The molecule has 1 saturated heterocycles. The zero-order chi connectivity index (χ0) is 13.1. The summed E-state index contributed by atoms with van der Waals surface area (Å²) >= 11 is 0. The number of hydrogen-bond acceptors (Lipinski definition) is 3. The number of carbonyl (C=O) groups excluding carboxylic acids is 1. The van der Waals surface area contributed by atoms with Crippen molar-refractivity contribution in [3.05, 3.63) is 0 Å². The van der Waals surface area contributed by atoms with Gasteiger partial charge in [-0.15, -0.1) is 0 Å². The van der Waals surface area contributed by atoms with Crippen molar-refractivity contribution in [3.8, 4) is 0 Å². The summed E-state index contributed by atoms with van der Waals surface area (Å²) in [6, 6.07) is 1.13. The van der Waals surface area contributed by atoms with Gasteiger partial charge >= 0.3 is 0 Å². The second-order valence-electron chi connectivity index (χ2n) is 6.36. The molecule has 1 aliphatic heterocycles. The highest BCUT2D eigenvalue weighted by Gasteiger charge is 2.29. The Hall–Kier alpha value is -0.410. The quantitative estimate of drug-likeness (QED) is 0.769. The Bertz CT molecular complexity index is 274. The van der Waals surface area contributed by atoms with Crippen LogP contribution in [0.3, 0.4) is 0 Å². The van der Waals surface area contributed by atoms with Crippen molar-refractivity contribution in [1.29, 1.82) is 0 Å². The number of nitrogens with zero attached hydrogens (tertiary/aromatic N) is 2. The molecule has 1 aliphatic carbocycles. The minimum absolute atomic E-state index is 0.365. The molecule has 2 atom stereocenters. The predicted octanol–water partition coefficient (Wildman–Crippen LogP) is 2.16. The SMILES string of the molecule is CC1CN(CC(=O)C2CCCCC2)CC(C)N1C. The molecule has 104 valence electrons. The largest absolute Gasteiger partial charge is 0.298 e. The molecular weight excluding hydrogens is 224 g/mol. The predicted molar refractivity (Wildman–Crippen MR) is 74.7 cm³/mol. The lowest BCUT2D eigenvalue weighted by Crippen LogP contribution is -2.56. The van der Waals surface area contributed by atoms with Gasteiger partial charge in [0, 0.05) is 31.1 Å². The van der Waals surface area contributed by atoms with Crippen LogP contribution in [0.15, 0.2) is 0 Å². The Balaban J connectivity index is 1.83. The number of likely N-dealkylation sites (N-methyl/N-ethyl adjacent to an activating group) is 1. The fourth-order valence-corrected chi connectivity index (χ4v) is 3.42. The molecule has 18 heavy (non-hydrogen) atoms. The van der Waals surface area contributed by atoms with E-state index in [2.05, 4.69) is 30.7 Å². The minimum atomic E-state index is 0.365.